The number of methoxy groups -OCH3 is 1. The fraction of sp³-hybridized carbons (Fsp3) is 0.562. The lowest BCUT2D eigenvalue weighted by Crippen LogP contribution is -2.54. The minimum Gasteiger partial charge on any atom is -0.491 e. The Morgan fingerprint density at radius 2 is 1.92 bits per heavy atom. The molecule has 0 aliphatic carbocycles. The van der Waals surface area contributed by atoms with Crippen molar-refractivity contribution in [2.75, 3.05) is 33.4 Å². The van der Waals surface area contributed by atoms with Gasteiger partial charge in [-0.2, -0.15) is 13.2 Å². The first-order chi connectivity index (χ1) is 11.4. The summed E-state index contributed by atoms with van der Waals surface area (Å²) in [7, 11) is 1.49. The molecule has 1 saturated heterocycles. The average Bonchev–Trinajstić information content (AvgIpc) is 2.58. The number of alkyl halides is 3. The van der Waals surface area contributed by atoms with E-state index in [1.807, 2.05) is 0 Å². The van der Waals surface area contributed by atoms with Crippen molar-refractivity contribution in [2.45, 2.75) is 24.6 Å². The van der Waals surface area contributed by atoms with Gasteiger partial charge in [-0.25, -0.2) is 0 Å². The molecule has 0 saturated carbocycles. The Kier molecular flexibility index (Phi) is 7.98. The average molecular weight is 383 g/mol. The van der Waals surface area contributed by atoms with Crippen LogP contribution < -0.4 is 15.4 Å². The van der Waals surface area contributed by atoms with Gasteiger partial charge in [-0.05, 0) is 38.1 Å². The molecule has 1 aliphatic rings. The van der Waals surface area contributed by atoms with Crippen molar-refractivity contribution in [2.24, 2.45) is 0 Å². The molecule has 25 heavy (non-hydrogen) atoms. The molecule has 0 atom stereocenters. The highest BCUT2D eigenvalue weighted by Gasteiger charge is 2.39. The quantitative estimate of drug-likeness (QED) is 0.742. The highest BCUT2D eigenvalue weighted by molar-refractivity contribution is 5.85. The number of piperidine rings is 1. The molecule has 1 heterocycles. The molecule has 1 fully saturated rings. The van der Waals surface area contributed by atoms with Crippen LogP contribution in [0.2, 0.25) is 0 Å². The molecule has 1 aliphatic heterocycles. The molecule has 1 amide bonds. The molecule has 0 aromatic heterocycles. The van der Waals surface area contributed by atoms with Crippen LogP contribution in [0.4, 0.5) is 13.2 Å². The van der Waals surface area contributed by atoms with E-state index < -0.39 is 17.3 Å². The molecule has 5 nitrogen and oxygen atoms in total. The molecule has 142 valence electrons. The van der Waals surface area contributed by atoms with E-state index in [4.69, 9.17) is 9.47 Å². The van der Waals surface area contributed by atoms with Gasteiger partial charge in [0.05, 0.1) is 12.1 Å². The van der Waals surface area contributed by atoms with Gasteiger partial charge in [-0.3, -0.25) is 4.79 Å². The molecular formula is C16H22ClF3N2O3. The van der Waals surface area contributed by atoms with Gasteiger partial charge in [-0.1, -0.05) is 12.1 Å². The summed E-state index contributed by atoms with van der Waals surface area (Å²) in [6.07, 6.45) is -3.38. The van der Waals surface area contributed by atoms with Crippen LogP contribution >= 0.6 is 12.4 Å². The molecule has 1 aromatic rings. The summed E-state index contributed by atoms with van der Waals surface area (Å²) in [5.41, 5.74) is -1.71. The standard InChI is InChI=1S/C16H21F3N2O3.ClH/c1-23-15(6-8-20-9-7-15)14(22)21-10-11-24-13-5-3-2-4-12(13)16(17,18)19;/h2-5,20H,6-11H2,1H3,(H,21,22);1H. The van der Waals surface area contributed by atoms with Crippen molar-refractivity contribution in [3.63, 3.8) is 0 Å². The molecule has 2 rings (SSSR count). The SMILES string of the molecule is COC1(C(=O)NCCOc2ccccc2C(F)(F)F)CCNCC1.Cl. The van der Waals surface area contributed by atoms with Crippen LogP contribution in [0.3, 0.4) is 0 Å². The number of halogens is 4. The number of hydrogen-bond acceptors (Lipinski definition) is 4. The fourth-order valence-electron chi connectivity index (χ4n) is 2.67. The smallest absolute Gasteiger partial charge is 0.419 e. The van der Waals surface area contributed by atoms with Gasteiger partial charge in [0.2, 0.25) is 0 Å². The van der Waals surface area contributed by atoms with Crippen LogP contribution in [0.1, 0.15) is 18.4 Å². The van der Waals surface area contributed by atoms with E-state index in [0.717, 1.165) is 6.07 Å². The number of ether oxygens (including phenoxy) is 2. The number of benzene rings is 1. The summed E-state index contributed by atoms with van der Waals surface area (Å²) in [5.74, 6) is -0.512. The third-order valence-electron chi connectivity index (χ3n) is 4.05. The summed E-state index contributed by atoms with van der Waals surface area (Å²) < 4.78 is 49.1. The highest BCUT2D eigenvalue weighted by atomic mass is 35.5. The van der Waals surface area contributed by atoms with Gasteiger partial charge >= 0.3 is 6.18 Å². The normalized spacial score (nSPS) is 16.6. The van der Waals surface area contributed by atoms with Gasteiger partial charge in [-0.15, -0.1) is 12.4 Å². The van der Waals surface area contributed by atoms with Crippen molar-refractivity contribution >= 4 is 18.3 Å². The minimum atomic E-state index is -4.48. The third-order valence-corrected chi connectivity index (χ3v) is 4.05. The van der Waals surface area contributed by atoms with Crippen LogP contribution in [0.5, 0.6) is 5.75 Å². The van der Waals surface area contributed by atoms with Crippen LogP contribution in [0.25, 0.3) is 0 Å². The van der Waals surface area contributed by atoms with E-state index in [1.54, 1.807) is 0 Å². The van der Waals surface area contributed by atoms with Crippen molar-refractivity contribution in [1.82, 2.24) is 10.6 Å². The summed E-state index contributed by atoms with van der Waals surface area (Å²) in [5, 5.41) is 5.82. The summed E-state index contributed by atoms with van der Waals surface area (Å²) in [6, 6.07) is 4.99. The van der Waals surface area contributed by atoms with Gasteiger partial charge in [0.1, 0.15) is 18.0 Å². The van der Waals surface area contributed by atoms with Crippen LogP contribution in [0.15, 0.2) is 24.3 Å². The zero-order chi connectivity index (χ0) is 17.6. The van der Waals surface area contributed by atoms with Crippen molar-refractivity contribution < 1.29 is 27.4 Å². The second-order valence-corrected chi connectivity index (χ2v) is 5.55. The topological polar surface area (TPSA) is 59.6 Å². The van der Waals surface area contributed by atoms with Crippen molar-refractivity contribution in [3.8, 4) is 5.75 Å². The Hall–Kier alpha value is -1.51. The predicted molar refractivity (Wildman–Crippen MR) is 89.0 cm³/mol. The van der Waals surface area contributed by atoms with Crippen LogP contribution in [-0.4, -0.2) is 44.9 Å². The van der Waals surface area contributed by atoms with Crippen LogP contribution in [0, 0.1) is 0 Å². The zero-order valence-electron chi connectivity index (χ0n) is 13.8. The summed E-state index contributed by atoms with van der Waals surface area (Å²) in [6.45, 7) is 1.40. The Bertz CT molecular complexity index is 564. The molecule has 1 aromatic carbocycles. The second-order valence-electron chi connectivity index (χ2n) is 5.55. The molecular weight excluding hydrogens is 361 g/mol. The van der Waals surface area contributed by atoms with E-state index in [9.17, 15) is 18.0 Å². The molecule has 0 unspecified atom stereocenters. The lowest BCUT2D eigenvalue weighted by molar-refractivity contribution is -0.147. The number of hydrogen-bond donors (Lipinski definition) is 2. The molecule has 0 spiro atoms. The molecule has 2 N–H and O–H groups in total. The monoisotopic (exact) mass is 382 g/mol. The number of rotatable bonds is 6. The molecule has 0 bridgehead atoms. The minimum absolute atomic E-state index is 0. The van der Waals surface area contributed by atoms with Gasteiger partial charge in [0.15, 0.2) is 0 Å². The van der Waals surface area contributed by atoms with Gasteiger partial charge in [0, 0.05) is 7.11 Å². The maximum atomic E-state index is 12.9. The number of amides is 1. The Balaban J connectivity index is 0.00000312. The van der Waals surface area contributed by atoms with Gasteiger partial charge < -0.3 is 20.1 Å². The molecule has 9 heteroatoms. The van der Waals surface area contributed by atoms with E-state index in [0.29, 0.717) is 25.9 Å². The summed E-state index contributed by atoms with van der Waals surface area (Å²) >= 11 is 0. The number of carbonyl (C=O) groups excluding carboxylic acids is 1. The predicted octanol–water partition coefficient (Wildman–Crippen LogP) is 2.39. The van der Waals surface area contributed by atoms with E-state index in [-0.39, 0.29) is 37.2 Å². The number of nitrogens with one attached hydrogen (secondary N) is 2. The highest BCUT2D eigenvalue weighted by Crippen LogP contribution is 2.35. The van der Waals surface area contributed by atoms with Gasteiger partial charge in [0.25, 0.3) is 5.91 Å². The number of para-hydroxylation sites is 1. The van der Waals surface area contributed by atoms with Crippen molar-refractivity contribution in [3.05, 3.63) is 29.8 Å². The lowest BCUT2D eigenvalue weighted by atomic mass is 9.91. The Labute approximate surface area is 150 Å². The lowest BCUT2D eigenvalue weighted by Gasteiger charge is -2.34. The van der Waals surface area contributed by atoms with Crippen LogP contribution in [-0.2, 0) is 15.7 Å². The maximum Gasteiger partial charge on any atom is 0.419 e. The Morgan fingerprint density at radius 1 is 1.28 bits per heavy atom. The largest absolute Gasteiger partial charge is 0.491 e. The first kappa shape index (κ1) is 21.5. The van der Waals surface area contributed by atoms with E-state index in [1.165, 1.54) is 25.3 Å². The van der Waals surface area contributed by atoms with Crippen molar-refractivity contribution in [1.29, 1.82) is 0 Å². The maximum absolute atomic E-state index is 12.9. The summed E-state index contributed by atoms with van der Waals surface area (Å²) in [4.78, 5) is 12.3. The molecule has 0 radical (unpaired) electrons. The number of carbonyl (C=O) groups is 1. The first-order valence-electron chi connectivity index (χ1n) is 7.72. The second kappa shape index (κ2) is 9.26. The third kappa shape index (κ3) is 5.49. The zero-order valence-corrected chi connectivity index (χ0v) is 14.6. The van der Waals surface area contributed by atoms with E-state index in [2.05, 4.69) is 10.6 Å². The Morgan fingerprint density at radius 3 is 2.52 bits per heavy atom. The fourth-order valence-corrected chi connectivity index (χ4v) is 2.67. The first-order valence-corrected chi connectivity index (χ1v) is 7.72. The van der Waals surface area contributed by atoms with E-state index >= 15 is 0 Å².